The molecule has 1 aromatic carbocycles. The molecule has 2 N–H and O–H groups in total. The van der Waals surface area contributed by atoms with Gasteiger partial charge in [-0.25, -0.2) is 4.79 Å². The molecule has 0 amide bonds. The molecular formula is C14H8BrClN4O2. The Morgan fingerprint density at radius 1 is 1.36 bits per heavy atom. The van der Waals surface area contributed by atoms with Gasteiger partial charge >= 0.3 is 5.97 Å². The second-order valence-corrected chi connectivity index (χ2v) is 5.50. The maximum absolute atomic E-state index is 12.0. The highest BCUT2D eigenvalue weighted by Crippen LogP contribution is 2.33. The molecule has 1 aromatic heterocycles. The van der Waals surface area contributed by atoms with Gasteiger partial charge in [-0.2, -0.15) is 10.5 Å². The van der Waals surface area contributed by atoms with Crippen molar-refractivity contribution in [2.75, 3.05) is 12.8 Å². The Bertz CT molecular complexity index is 861. The summed E-state index contributed by atoms with van der Waals surface area (Å²) in [5, 5.41) is 18.6. The van der Waals surface area contributed by atoms with Gasteiger partial charge in [0.25, 0.3) is 0 Å². The predicted molar refractivity (Wildman–Crippen MR) is 83.7 cm³/mol. The number of methoxy groups -OCH3 is 1. The number of anilines is 1. The fraction of sp³-hybridized carbons (Fsp3) is 0.0714. The van der Waals surface area contributed by atoms with Crippen LogP contribution in [0.1, 0.15) is 21.6 Å². The molecule has 0 spiro atoms. The topological polar surface area (TPSA) is 105 Å². The summed E-state index contributed by atoms with van der Waals surface area (Å²) in [6.07, 6.45) is 1.34. The van der Waals surface area contributed by atoms with Gasteiger partial charge in [0, 0.05) is 10.7 Å². The summed E-state index contributed by atoms with van der Waals surface area (Å²) in [6, 6.07) is 7.00. The molecule has 6 nitrogen and oxygen atoms in total. The van der Waals surface area contributed by atoms with Gasteiger partial charge in [-0.1, -0.05) is 27.5 Å². The van der Waals surface area contributed by atoms with Gasteiger partial charge in [0.15, 0.2) is 5.69 Å². The van der Waals surface area contributed by atoms with Crippen molar-refractivity contribution < 1.29 is 9.53 Å². The monoisotopic (exact) mass is 378 g/mol. The van der Waals surface area contributed by atoms with Crippen LogP contribution in [0.2, 0.25) is 5.02 Å². The number of aromatic nitrogens is 1. The first-order valence-corrected chi connectivity index (χ1v) is 7.00. The first-order chi connectivity index (χ1) is 10.4. The quantitative estimate of drug-likeness (QED) is 0.808. The zero-order chi connectivity index (χ0) is 16.4. The molecule has 0 bridgehead atoms. The van der Waals surface area contributed by atoms with Gasteiger partial charge in [0.1, 0.15) is 12.1 Å². The molecule has 110 valence electrons. The Morgan fingerprint density at radius 2 is 2.00 bits per heavy atom. The molecule has 2 rings (SSSR count). The smallest absolute Gasteiger partial charge is 0.357 e. The van der Waals surface area contributed by atoms with E-state index in [0.29, 0.717) is 4.47 Å². The Morgan fingerprint density at radius 3 is 2.55 bits per heavy atom. The Labute approximate surface area is 139 Å². The van der Waals surface area contributed by atoms with E-state index in [0.717, 1.165) is 0 Å². The summed E-state index contributed by atoms with van der Waals surface area (Å²) in [4.78, 5) is 12.0. The number of hydrogen-bond acceptors (Lipinski definition) is 5. The second kappa shape index (κ2) is 6.10. The lowest BCUT2D eigenvalue weighted by Gasteiger charge is -2.12. The zero-order valence-corrected chi connectivity index (χ0v) is 13.6. The largest absolute Gasteiger partial charge is 0.464 e. The van der Waals surface area contributed by atoms with Crippen LogP contribution in [0, 0.1) is 22.7 Å². The highest BCUT2D eigenvalue weighted by Gasteiger charge is 2.24. The summed E-state index contributed by atoms with van der Waals surface area (Å²) in [6.45, 7) is 0. The van der Waals surface area contributed by atoms with Crippen molar-refractivity contribution in [1.82, 2.24) is 4.57 Å². The lowest BCUT2D eigenvalue weighted by Crippen LogP contribution is -2.12. The number of nitrogen functional groups attached to an aromatic ring is 1. The predicted octanol–water partition coefficient (Wildman–Crippen LogP) is 3.01. The third-order valence-electron chi connectivity index (χ3n) is 2.93. The summed E-state index contributed by atoms with van der Waals surface area (Å²) >= 11 is 9.44. The average Bonchev–Trinajstić information content (AvgIpc) is 2.81. The van der Waals surface area contributed by atoms with Gasteiger partial charge in [-0.15, -0.1) is 0 Å². The van der Waals surface area contributed by atoms with Crippen LogP contribution in [0.25, 0.3) is 5.69 Å². The fourth-order valence-electron chi connectivity index (χ4n) is 1.99. The Balaban J connectivity index is 2.88. The number of carbonyl (C=O) groups excluding carboxylic acids is 1. The molecule has 0 fully saturated rings. The van der Waals surface area contributed by atoms with Gasteiger partial charge in [0.2, 0.25) is 0 Å². The van der Waals surface area contributed by atoms with Crippen LogP contribution < -0.4 is 5.73 Å². The van der Waals surface area contributed by atoms with E-state index < -0.39 is 5.97 Å². The van der Waals surface area contributed by atoms with E-state index in [4.69, 9.17) is 22.6 Å². The van der Waals surface area contributed by atoms with Crippen molar-refractivity contribution in [2.45, 2.75) is 0 Å². The van der Waals surface area contributed by atoms with Crippen LogP contribution >= 0.6 is 27.5 Å². The number of ether oxygens (including phenoxy) is 1. The van der Waals surface area contributed by atoms with Gasteiger partial charge < -0.3 is 15.0 Å². The minimum atomic E-state index is -0.734. The van der Waals surface area contributed by atoms with E-state index in [1.165, 1.54) is 17.9 Å². The number of benzene rings is 1. The zero-order valence-electron chi connectivity index (χ0n) is 11.2. The van der Waals surface area contributed by atoms with Crippen molar-refractivity contribution in [3.63, 3.8) is 0 Å². The third-order valence-corrected chi connectivity index (χ3v) is 3.68. The number of esters is 1. The van der Waals surface area contributed by atoms with Crippen LogP contribution in [0.3, 0.4) is 0 Å². The van der Waals surface area contributed by atoms with Crippen molar-refractivity contribution in [3.05, 3.63) is 44.6 Å². The fourth-order valence-corrected chi connectivity index (χ4v) is 2.89. The minimum absolute atomic E-state index is 0.0303. The SMILES string of the molecule is COC(=O)c1c(N)c(C#N)cn1-c1c(Cl)cc(Br)cc1C#N. The average molecular weight is 380 g/mol. The molecule has 0 radical (unpaired) electrons. The molecule has 0 aliphatic heterocycles. The van der Waals surface area contributed by atoms with E-state index in [1.54, 1.807) is 12.1 Å². The molecule has 2 aromatic rings. The lowest BCUT2D eigenvalue weighted by molar-refractivity contribution is 0.0593. The number of rotatable bonds is 2. The Hall–Kier alpha value is -2.48. The molecule has 0 unspecified atom stereocenters. The van der Waals surface area contributed by atoms with Crippen LogP contribution in [-0.4, -0.2) is 17.6 Å². The van der Waals surface area contributed by atoms with E-state index in [-0.39, 0.29) is 33.2 Å². The summed E-state index contributed by atoms with van der Waals surface area (Å²) in [5.41, 5.74) is 6.28. The summed E-state index contributed by atoms with van der Waals surface area (Å²) < 4.78 is 6.60. The van der Waals surface area contributed by atoms with E-state index >= 15 is 0 Å². The molecular weight excluding hydrogens is 372 g/mol. The molecule has 0 atom stereocenters. The number of halogens is 2. The van der Waals surface area contributed by atoms with Crippen molar-refractivity contribution >= 4 is 39.2 Å². The van der Waals surface area contributed by atoms with E-state index in [1.807, 2.05) is 12.1 Å². The van der Waals surface area contributed by atoms with E-state index in [9.17, 15) is 10.1 Å². The number of nitrogens with two attached hydrogens (primary N) is 1. The highest BCUT2D eigenvalue weighted by atomic mass is 79.9. The third kappa shape index (κ3) is 2.52. The van der Waals surface area contributed by atoms with Crippen LogP contribution in [0.5, 0.6) is 0 Å². The standard InChI is InChI=1S/C14H8BrClN4O2/c1-22-14(21)13-11(19)8(5-18)6-20(13)12-7(4-17)2-9(15)3-10(12)16/h2-3,6H,19H2,1H3. The summed E-state index contributed by atoms with van der Waals surface area (Å²) in [5.74, 6) is -0.734. The summed E-state index contributed by atoms with van der Waals surface area (Å²) in [7, 11) is 1.19. The maximum Gasteiger partial charge on any atom is 0.357 e. The molecule has 1 heterocycles. The van der Waals surface area contributed by atoms with Crippen LogP contribution in [0.4, 0.5) is 5.69 Å². The molecule has 0 saturated heterocycles. The van der Waals surface area contributed by atoms with Crippen molar-refractivity contribution in [1.29, 1.82) is 10.5 Å². The molecule has 0 saturated carbocycles. The van der Waals surface area contributed by atoms with Crippen LogP contribution in [-0.2, 0) is 4.74 Å². The second-order valence-electron chi connectivity index (χ2n) is 4.17. The Kier molecular flexibility index (Phi) is 4.41. The lowest BCUT2D eigenvalue weighted by atomic mass is 10.2. The van der Waals surface area contributed by atoms with Crippen molar-refractivity contribution in [2.24, 2.45) is 0 Å². The van der Waals surface area contributed by atoms with Gasteiger partial charge in [-0.05, 0) is 12.1 Å². The molecule has 0 aliphatic carbocycles. The van der Waals surface area contributed by atoms with Crippen LogP contribution in [0.15, 0.2) is 22.8 Å². The minimum Gasteiger partial charge on any atom is -0.464 e. The van der Waals surface area contributed by atoms with Gasteiger partial charge in [0.05, 0.1) is 34.6 Å². The molecule has 0 aliphatic rings. The number of hydrogen-bond donors (Lipinski definition) is 1. The first kappa shape index (κ1) is 15.9. The van der Waals surface area contributed by atoms with E-state index in [2.05, 4.69) is 20.7 Å². The maximum atomic E-state index is 12.0. The number of nitrogens with zero attached hydrogens (tertiary/aromatic N) is 3. The molecule has 8 heteroatoms. The first-order valence-electron chi connectivity index (χ1n) is 5.83. The number of carbonyl (C=O) groups is 1. The van der Waals surface area contributed by atoms with Gasteiger partial charge in [-0.3, -0.25) is 0 Å². The number of nitriles is 2. The van der Waals surface area contributed by atoms with Crippen molar-refractivity contribution in [3.8, 4) is 17.8 Å². The normalized spacial score (nSPS) is 9.86. The highest BCUT2D eigenvalue weighted by molar-refractivity contribution is 9.10. The molecule has 22 heavy (non-hydrogen) atoms.